The molecule has 8 heteroatoms. The molecule has 1 saturated heterocycles. The molecule has 1 aromatic heterocycles. The number of nitrogens with one attached hydrogen (secondary N) is 2. The van der Waals surface area contributed by atoms with E-state index in [-0.39, 0.29) is 28.4 Å². The number of methoxy groups -OCH3 is 1. The Hall–Kier alpha value is -2.19. The predicted octanol–water partition coefficient (Wildman–Crippen LogP) is 3.09. The highest BCUT2D eigenvalue weighted by molar-refractivity contribution is 8.00. The van der Waals surface area contributed by atoms with Crippen LogP contribution in [0.2, 0.25) is 0 Å². The van der Waals surface area contributed by atoms with Gasteiger partial charge in [-0.3, -0.25) is 19.4 Å². The van der Waals surface area contributed by atoms with Crippen molar-refractivity contribution in [3.8, 4) is 5.75 Å². The molecule has 0 radical (unpaired) electrons. The Morgan fingerprint density at radius 1 is 1.25 bits per heavy atom. The molecule has 150 valence electrons. The van der Waals surface area contributed by atoms with Crippen molar-refractivity contribution in [1.82, 2.24) is 9.78 Å². The zero-order valence-corrected chi connectivity index (χ0v) is 17.1. The fourth-order valence-electron chi connectivity index (χ4n) is 3.98. The van der Waals surface area contributed by atoms with Crippen LogP contribution in [-0.4, -0.2) is 40.8 Å². The first-order chi connectivity index (χ1) is 13.4. The Bertz CT molecular complexity index is 932. The molecular weight excluding hydrogens is 378 g/mol. The van der Waals surface area contributed by atoms with Crippen LogP contribution in [0.1, 0.15) is 49.1 Å². The molecule has 4 rings (SSSR count). The maximum atomic E-state index is 13.0. The van der Waals surface area contributed by atoms with Crippen LogP contribution in [0.25, 0.3) is 0 Å². The van der Waals surface area contributed by atoms with Crippen molar-refractivity contribution >= 4 is 23.5 Å². The molecule has 0 saturated carbocycles. The standard InChI is InChI=1S/C20H25N3O4S/c1-20(2)10-13(8-9-27-20)23-18-16(19(25)22-23)17(28-11-15(24)21-18)12-4-6-14(26-3)7-5-12/h4-7,13,17H,8-11H2,1-3H3,(H,21,24)(H,22,25)/t13-,17-/m0/s1. The number of benzene rings is 1. The normalized spacial score (nSPS) is 24.2. The summed E-state index contributed by atoms with van der Waals surface area (Å²) in [6, 6.07) is 7.72. The number of fused-ring (bicyclic) bond motifs is 1. The molecule has 2 aromatic rings. The molecule has 7 nitrogen and oxygen atoms in total. The number of hydrogen-bond donors (Lipinski definition) is 2. The molecule has 2 aliphatic heterocycles. The second kappa shape index (κ2) is 7.33. The van der Waals surface area contributed by atoms with E-state index in [0.29, 0.717) is 23.7 Å². The van der Waals surface area contributed by atoms with E-state index in [9.17, 15) is 9.59 Å². The maximum Gasteiger partial charge on any atom is 0.270 e. The van der Waals surface area contributed by atoms with E-state index in [0.717, 1.165) is 24.2 Å². The summed E-state index contributed by atoms with van der Waals surface area (Å²) in [5.41, 5.74) is 1.15. The van der Waals surface area contributed by atoms with Crippen LogP contribution in [0.5, 0.6) is 5.75 Å². The highest BCUT2D eigenvalue weighted by atomic mass is 32.2. The minimum absolute atomic E-state index is 0.0696. The number of anilines is 1. The van der Waals surface area contributed by atoms with Gasteiger partial charge >= 0.3 is 0 Å². The van der Waals surface area contributed by atoms with Crippen molar-refractivity contribution in [2.24, 2.45) is 0 Å². The van der Waals surface area contributed by atoms with Gasteiger partial charge in [-0.05, 0) is 44.4 Å². The van der Waals surface area contributed by atoms with Crippen LogP contribution in [0, 0.1) is 0 Å². The van der Waals surface area contributed by atoms with Crippen LogP contribution >= 0.6 is 11.8 Å². The van der Waals surface area contributed by atoms with Crippen molar-refractivity contribution in [2.45, 2.75) is 43.6 Å². The highest BCUT2D eigenvalue weighted by Crippen LogP contribution is 2.42. The summed E-state index contributed by atoms with van der Waals surface area (Å²) in [6.07, 6.45) is 1.55. The lowest BCUT2D eigenvalue weighted by Crippen LogP contribution is -2.36. The average Bonchev–Trinajstić information content (AvgIpc) is 2.87. The smallest absolute Gasteiger partial charge is 0.270 e. The van der Waals surface area contributed by atoms with E-state index in [1.165, 1.54) is 11.8 Å². The fourth-order valence-corrected chi connectivity index (χ4v) is 5.10. The summed E-state index contributed by atoms with van der Waals surface area (Å²) in [5.74, 6) is 1.54. The zero-order chi connectivity index (χ0) is 19.9. The summed E-state index contributed by atoms with van der Waals surface area (Å²) in [6.45, 7) is 4.72. The van der Waals surface area contributed by atoms with Gasteiger partial charge in [-0.2, -0.15) is 0 Å². The van der Waals surface area contributed by atoms with E-state index in [2.05, 4.69) is 10.4 Å². The van der Waals surface area contributed by atoms with Crippen LogP contribution in [0.4, 0.5) is 5.82 Å². The number of aromatic nitrogens is 2. The molecule has 1 aromatic carbocycles. The molecule has 2 aliphatic rings. The number of aromatic amines is 1. The van der Waals surface area contributed by atoms with Gasteiger partial charge < -0.3 is 14.8 Å². The molecule has 0 bridgehead atoms. The molecule has 0 aliphatic carbocycles. The number of nitrogens with zero attached hydrogens (tertiary/aromatic N) is 1. The molecule has 2 N–H and O–H groups in total. The molecule has 1 fully saturated rings. The molecule has 3 heterocycles. The van der Waals surface area contributed by atoms with E-state index in [4.69, 9.17) is 9.47 Å². The zero-order valence-electron chi connectivity index (χ0n) is 16.3. The molecule has 0 spiro atoms. The molecule has 1 amide bonds. The third-order valence-corrected chi connectivity index (χ3v) is 6.59. The van der Waals surface area contributed by atoms with Gasteiger partial charge in [-0.25, -0.2) is 0 Å². The molecule has 0 unspecified atom stereocenters. The third-order valence-electron chi connectivity index (χ3n) is 5.32. The van der Waals surface area contributed by atoms with Crippen LogP contribution in [0.3, 0.4) is 0 Å². The van der Waals surface area contributed by atoms with Crippen molar-refractivity contribution in [2.75, 3.05) is 24.8 Å². The predicted molar refractivity (Wildman–Crippen MR) is 109 cm³/mol. The van der Waals surface area contributed by atoms with Crippen molar-refractivity contribution < 1.29 is 14.3 Å². The first-order valence-corrected chi connectivity index (χ1v) is 10.5. The lowest BCUT2D eigenvalue weighted by atomic mass is 9.94. The highest BCUT2D eigenvalue weighted by Gasteiger charge is 2.35. The second-order valence-electron chi connectivity index (χ2n) is 7.84. The van der Waals surface area contributed by atoms with E-state index >= 15 is 0 Å². The number of carbonyl (C=O) groups is 1. The van der Waals surface area contributed by atoms with E-state index in [1.54, 1.807) is 7.11 Å². The van der Waals surface area contributed by atoms with Crippen molar-refractivity contribution in [1.29, 1.82) is 0 Å². The summed E-state index contributed by atoms with van der Waals surface area (Å²) < 4.78 is 12.9. The van der Waals surface area contributed by atoms with Gasteiger partial charge in [0.1, 0.15) is 11.6 Å². The number of amides is 1. The van der Waals surface area contributed by atoms with Crippen LogP contribution in [-0.2, 0) is 9.53 Å². The monoisotopic (exact) mass is 403 g/mol. The summed E-state index contributed by atoms with van der Waals surface area (Å²) >= 11 is 1.46. The number of H-pyrrole nitrogens is 1. The second-order valence-corrected chi connectivity index (χ2v) is 8.93. The van der Waals surface area contributed by atoms with Gasteiger partial charge in [0.15, 0.2) is 0 Å². The number of carbonyl (C=O) groups excluding carboxylic acids is 1. The Balaban J connectivity index is 1.77. The minimum Gasteiger partial charge on any atom is -0.497 e. The third kappa shape index (κ3) is 3.58. The lowest BCUT2D eigenvalue weighted by Gasteiger charge is -2.36. The first-order valence-electron chi connectivity index (χ1n) is 9.42. The minimum atomic E-state index is -0.268. The van der Waals surface area contributed by atoms with E-state index < -0.39 is 0 Å². The molecular formula is C20H25N3O4S. The summed E-state index contributed by atoms with van der Waals surface area (Å²) in [4.78, 5) is 25.3. The number of rotatable bonds is 3. The van der Waals surface area contributed by atoms with Gasteiger partial charge in [-0.1, -0.05) is 12.1 Å². The Morgan fingerprint density at radius 2 is 2.00 bits per heavy atom. The Labute approximate surface area is 167 Å². The van der Waals surface area contributed by atoms with Crippen LogP contribution in [0.15, 0.2) is 29.1 Å². The fraction of sp³-hybridized carbons (Fsp3) is 0.500. The molecule has 28 heavy (non-hydrogen) atoms. The van der Waals surface area contributed by atoms with E-state index in [1.807, 2.05) is 42.8 Å². The molecule has 2 atom stereocenters. The van der Waals surface area contributed by atoms with Gasteiger partial charge in [0, 0.05) is 6.61 Å². The number of thioether (sulfide) groups is 1. The number of hydrogen-bond acceptors (Lipinski definition) is 5. The largest absolute Gasteiger partial charge is 0.497 e. The first kappa shape index (κ1) is 19.1. The Kier molecular flexibility index (Phi) is 5.01. The van der Waals surface area contributed by atoms with Gasteiger partial charge in [0.2, 0.25) is 5.91 Å². The van der Waals surface area contributed by atoms with Gasteiger partial charge in [-0.15, -0.1) is 11.8 Å². The summed E-state index contributed by atoms with van der Waals surface area (Å²) in [5, 5.41) is 5.73. The SMILES string of the molecule is COc1ccc([C@@H]2SCC(=O)Nc3c2c(=O)[nH]n3[C@H]2CCOC(C)(C)C2)cc1. The topological polar surface area (TPSA) is 85.4 Å². The van der Waals surface area contributed by atoms with Gasteiger partial charge in [0.05, 0.1) is 35.3 Å². The van der Waals surface area contributed by atoms with Crippen molar-refractivity contribution in [3.05, 3.63) is 45.7 Å². The van der Waals surface area contributed by atoms with Gasteiger partial charge in [0.25, 0.3) is 5.56 Å². The average molecular weight is 404 g/mol. The van der Waals surface area contributed by atoms with Crippen LogP contribution < -0.4 is 15.6 Å². The summed E-state index contributed by atoms with van der Waals surface area (Å²) in [7, 11) is 1.62. The Morgan fingerprint density at radius 3 is 2.68 bits per heavy atom. The lowest BCUT2D eigenvalue weighted by molar-refractivity contribution is -0.113. The van der Waals surface area contributed by atoms with Crippen molar-refractivity contribution in [3.63, 3.8) is 0 Å². The quantitative estimate of drug-likeness (QED) is 0.823. The maximum absolute atomic E-state index is 13.0. The number of ether oxygens (including phenoxy) is 2.